The van der Waals surface area contributed by atoms with Crippen molar-refractivity contribution in [1.29, 1.82) is 0 Å². The Bertz CT molecular complexity index is 961. The highest BCUT2D eigenvalue weighted by atomic mass is 19.4. The van der Waals surface area contributed by atoms with Gasteiger partial charge in [-0.15, -0.1) is 0 Å². The molecule has 2 aromatic carbocycles. The lowest BCUT2D eigenvalue weighted by atomic mass is 10.0. The third-order valence-corrected chi connectivity index (χ3v) is 4.84. The molecule has 0 radical (unpaired) electrons. The van der Waals surface area contributed by atoms with Crippen molar-refractivity contribution in [2.45, 2.75) is 31.9 Å². The number of alkyl halides is 3. The number of amides is 1. The monoisotopic (exact) mass is 436 g/mol. The number of carbonyl (C=O) groups is 2. The van der Waals surface area contributed by atoms with Crippen molar-refractivity contribution in [1.82, 2.24) is 4.90 Å². The summed E-state index contributed by atoms with van der Waals surface area (Å²) in [4.78, 5) is 30.7. The minimum atomic E-state index is -4.45. The lowest BCUT2D eigenvalue weighted by Crippen LogP contribution is -2.39. The van der Waals surface area contributed by atoms with Crippen molar-refractivity contribution in [3.63, 3.8) is 0 Å². The van der Waals surface area contributed by atoms with Gasteiger partial charge in [0.25, 0.3) is 0 Å². The van der Waals surface area contributed by atoms with Gasteiger partial charge in [-0.05, 0) is 29.3 Å². The van der Waals surface area contributed by atoms with E-state index < -0.39 is 23.5 Å². The number of benzene rings is 2. The van der Waals surface area contributed by atoms with Gasteiger partial charge in [-0.2, -0.15) is 13.2 Å². The highest BCUT2D eigenvalue weighted by Gasteiger charge is 2.30. The van der Waals surface area contributed by atoms with Crippen LogP contribution in [0.25, 0.3) is 0 Å². The molecule has 3 rings (SSSR count). The molecule has 0 bridgehead atoms. The molecule has 2 aromatic rings. The average molecular weight is 436 g/mol. The van der Waals surface area contributed by atoms with E-state index in [-0.39, 0.29) is 18.7 Å². The molecule has 0 saturated carbocycles. The zero-order chi connectivity index (χ0) is 22.4. The molecule has 1 heterocycles. The SMILES string of the molecule is O=C(Cc1ccc(F)cc1)ON=C1CCN(C(=O)Cc2cccc(C(F)(F)F)c2)CC1. The number of rotatable bonds is 5. The van der Waals surface area contributed by atoms with E-state index >= 15 is 0 Å². The predicted molar refractivity (Wildman–Crippen MR) is 105 cm³/mol. The Labute approximate surface area is 176 Å². The van der Waals surface area contributed by atoms with Crippen LogP contribution < -0.4 is 0 Å². The normalized spacial score (nSPS) is 14.3. The number of hydrogen-bond donors (Lipinski definition) is 0. The second kappa shape index (κ2) is 9.72. The molecule has 9 heteroatoms. The first-order valence-electron chi connectivity index (χ1n) is 9.64. The largest absolute Gasteiger partial charge is 0.416 e. The van der Waals surface area contributed by atoms with Crippen LogP contribution in [0.2, 0.25) is 0 Å². The van der Waals surface area contributed by atoms with Crippen LogP contribution in [0, 0.1) is 5.82 Å². The van der Waals surface area contributed by atoms with Crippen molar-refractivity contribution in [3.05, 3.63) is 71.0 Å². The zero-order valence-corrected chi connectivity index (χ0v) is 16.5. The fraction of sp³-hybridized carbons (Fsp3) is 0.318. The molecule has 1 fully saturated rings. The Morgan fingerprint density at radius 2 is 1.65 bits per heavy atom. The molecule has 0 aromatic heterocycles. The van der Waals surface area contributed by atoms with Crippen LogP contribution in [0.3, 0.4) is 0 Å². The summed E-state index contributed by atoms with van der Waals surface area (Å²) in [7, 11) is 0. The van der Waals surface area contributed by atoms with Crippen molar-refractivity contribution in [3.8, 4) is 0 Å². The van der Waals surface area contributed by atoms with Gasteiger partial charge >= 0.3 is 12.1 Å². The number of oxime groups is 1. The Hall–Kier alpha value is -3.23. The van der Waals surface area contributed by atoms with E-state index in [1.807, 2.05) is 0 Å². The van der Waals surface area contributed by atoms with Crippen LogP contribution in [0.1, 0.15) is 29.5 Å². The number of carbonyl (C=O) groups excluding carboxylic acids is 2. The average Bonchev–Trinajstić information content (AvgIpc) is 2.74. The summed E-state index contributed by atoms with van der Waals surface area (Å²) in [6.07, 6.45) is -3.82. The maximum absolute atomic E-state index is 12.9. The zero-order valence-electron chi connectivity index (χ0n) is 16.5. The van der Waals surface area contributed by atoms with Gasteiger partial charge in [0.05, 0.1) is 24.1 Å². The Kier molecular flexibility index (Phi) is 7.04. The Balaban J connectivity index is 1.47. The maximum atomic E-state index is 12.9. The summed E-state index contributed by atoms with van der Waals surface area (Å²) in [6, 6.07) is 10.2. The summed E-state index contributed by atoms with van der Waals surface area (Å²) in [5, 5.41) is 3.84. The molecule has 0 unspecified atom stereocenters. The molecule has 1 aliphatic heterocycles. The number of piperidine rings is 1. The van der Waals surface area contributed by atoms with Gasteiger partial charge in [0, 0.05) is 25.9 Å². The van der Waals surface area contributed by atoms with Crippen LogP contribution in [0.15, 0.2) is 53.7 Å². The first-order chi connectivity index (χ1) is 14.7. The lowest BCUT2D eigenvalue weighted by Gasteiger charge is -2.27. The highest BCUT2D eigenvalue weighted by Crippen LogP contribution is 2.29. The van der Waals surface area contributed by atoms with Crippen LogP contribution in [-0.4, -0.2) is 35.6 Å². The summed E-state index contributed by atoms with van der Waals surface area (Å²) in [6.45, 7) is 0.679. The van der Waals surface area contributed by atoms with Crippen molar-refractivity contribution >= 4 is 17.6 Å². The molecule has 1 amide bonds. The molecule has 164 valence electrons. The van der Waals surface area contributed by atoms with Gasteiger partial charge < -0.3 is 9.74 Å². The number of likely N-dealkylation sites (tertiary alicyclic amines) is 1. The quantitative estimate of drug-likeness (QED) is 0.402. The highest BCUT2D eigenvalue weighted by molar-refractivity contribution is 5.88. The molecule has 1 aliphatic rings. The van der Waals surface area contributed by atoms with E-state index in [0.29, 0.717) is 42.8 Å². The van der Waals surface area contributed by atoms with Gasteiger partial charge in [-0.25, -0.2) is 9.18 Å². The predicted octanol–water partition coefficient (Wildman–Crippen LogP) is 4.15. The summed E-state index contributed by atoms with van der Waals surface area (Å²) in [5.74, 6) is -1.25. The molecule has 31 heavy (non-hydrogen) atoms. The smallest absolute Gasteiger partial charge is 0.342 e. The van der Waals surface area contributed by atoms with Crippen molar-refractivity contribution in [2.75, 3.05) is 13.1 Å². The molecule has 0 spiro atoms. The lowest BCUT2D eigenvalue weighted by molar-refractivity contribution is -0.143. The molecule has 0 atom stereocenters. The summed E-state index contributed by atoms with van der Waals surface area (Å²) in [5.41, 5.74) is 0.736. The molecule has 1 saturated heterocycles. The van der Waals surface area contributed by atoms with Crippen molar-refractivity contribution in [2.24, 2.45) is 5.16 Å². The van der Waals surface area contributed by atoms with Crippen LogP contribution in [0.4, 0.5) is 17.6 Å². The third kappa shape index (κ3) is 6.63. The van der Waals surface area contributed by atoms with E-state index in [1.165, 1.54) is 36.4 Å². The molecule has 5 nitrogen and oxygen atoms in total. The molecule has 0 N–H and O–H groups in total. The minimum absolute atomic E-state index is 0.0430. The molecular formula is C22H20F4N2O3. The summed E-state index contributed by atoms with van der Waals surface area (Å²) >= 11 is 0. The molecular weight excluding hydrogens is 416 g/mol. The van der Waals surface area contributed by atoms with E-state index in [0.717, 1.165) is 12.1 Å². The minimum Gasteiger partial charge on any atom is -0.342 e. The first-order valence-corrected chi connectivity index (χ1v) is 9.64. The fourth-order valence-corrected chi connectivity index (χ4v) is 3.17. The second-order valence-electron chi connectivity index (χ2n) is 7.18. The maximum Gasteiger partial charge on any atom is 0.416 e. The molecule has 0 aliphatic carbocycles. The van der Waals surface area contributed by atoms with Crippen LogP contribution in [0.5, 0.6) is 0 Å². The fourth-order valence-electron chi connectivity index (χ4n) is 3.17. The first kappa shape index (κ1) is 22.5. The van der Waals surface area contributed by atoms with Gasteiger partial charge in [-0.3, -0.25) is 4.79 Å². The van der Waals surface area contributed by atoms with Gasteiger partial charge in [-0.1, -0.05) is 35.5 Å². The second-order valence-corrected chi connectivity index (χ2v) is 7.18. The standard InChI is InChI=1S/C22H20F4N2O3/c23-18-6-4-15(5-7-18)14-21(30)31-27-19-8-10-28(11-9-19)20(29)13-16-2-1-3-17(12-16)22(24,25)26/h1-7,12H,8-11,13-14H2. The number of hydrogen-bond acceptors (Lipinski definition) is 4. The van der Waals surface area contributed by atoms with Crippen molar-refractivity contribution < 1.29 is 32.0 Å². The summed E-state index contributed by atoms with van der Waals surface area (Å²) < 4.78 is 51.3. The van der Waals surface area contributed by atoms with Crippen LogP contribution >= 0.6 is 0 Å². The van der Waals surface area contributed by atoms with E-state index in [9.17, 15) is 27.2 Å². The van der Waals surface area contributed by atoms with E-state index in [2.05, 4.69) is 5.16 Å². The topological polar surface area (TPSA) is 59.0 Å². The Morgan fingerprint density at radius 3 is 2.29 bits per heavy atom. The Morgan fingerprint density at radius 1 is 0.968 bits per heavy atom. The van der Waals surface area contributed by atoms with Crippen LogP contribution in [-0.2, 0) is 33.4 Å². The van der Waals surface area contributed by atoms with Gasteiger partial charge in [0.2, 0.25) is 5.91 Å². The van der Waals surface area contributed by atoms with Gasteiger partial charge in [0.15, 0.2) is 0 Å². The number of nitrogens with zero attached hydrogens (tertiary/aromatic N) is 2. The van der Waals surface area contributed by atoms with E-state index in [1.54, 1.807) is 4.90 Å². The van der Waals surface area contributed by atoms with E-state index in [4.69, 9.17) is 4.84 Å². The van der Waals surface area contributed by atoms with Gasteiger partial charge in [0.1, 0.15) is 5.82 Å². The third-order valence-electron chi connectivity index (χ3n) is 4.84. The number of halogens is 4.